The van der Waals surface area contributed by atoms with Gasteiger partial charge in [-0.25, -0.2) is 9.37 Å². The second-order valence-corrected chi connectivity index (χ2v) is 7.23. The van der Waals surface area contributed by atoms with E-state index in [-0.39, 0.29) is 11.5 Å². The molecule has 0 aliphatic rings. The lowest BCUT2D eigenvalue weighted by molar-refractivity contribution is -0.856. The lowest BCUT2D eigenvalue weighted by atomic mass is 10.2. The summed E-state index contributed by atoms with van der Waals surface area (Å²) >= 11 is 1.40. The molecule has 3 rings (SSSR count). The Morgan fingerprint density at radius 3 is 2.73 bits per heavy atom. The first-order valence-corrected chi connectivity index (χ1v) is 9.11. The molecule has 0 spiro atoms. The van der Waals surface area contributed by atoms with Crippen molar-refractivity contribution in [3.63, 3.8) is 0 Å². The molecule has 26 heavy (non-hydrogen) atoms. The van der Waals surface area contributed by atoms with E-state index in [2.05, 4.69) is 4.98 Å². The lowest BCUT2D eigenvalue weighted by Crippen LogP contribution is -3.06. The summed E-state index contributed by atoms with van der Waals surface area (Å²) in [6.07, 6.45) is 0. The van der Waals surface area contributed by atoms with E-state index in [9.17, 15) is 9.18 Å². The van der Waals surface area contributed by atoms with Crippen LogP contribution in [0.3, 0.4) is 0 Å². The Labute approximate surface area is 155 Å². The van der Waals surface area contributed by atoms with Crippen LogP contribution < -0.4 is 14.5 Å². The summed E-state index contributed by atoms with van der Waals surface area (Å²) in [5, 5.41) is 0.558. The maximum absolute atomic E-state index is 14.1. The first-order valence-electron chi connectivity index (χ1n) is 8.29. The Morgan fingerprint density at radius 1 is 1.27 bits per heavy atom. The number of likely N-dealkylation sites (N-methyl/N-ethyl adjacent to an activating group) is 1. The maximum atomic E-state index is 14.1. The third-order valence-electron chi connectivity index (χ3n) is 4.00. The van der Waals surface area contributed by atoms with Crippen LogP contribution in [0, 0.1) is 5.82 Å². The van der Waals surface area contributed by atoms with Crippen LogP contribution in [0.1, 0.15) is 10.4 Å². The average Bonchev–Trinajstić information content (AvgIpc) is 3.04. The summed E-state index contributed by atoms with van der Waals surface area (Å²) in [5.41, 5.74) is 0.840. The Hall–Kier alpha value is -2.51. The molecule has 2 aromatic carbocycles. The van der Waals surface area contributed by atoms with E-state index in [0.29, 0.717) is 11.7 Å². The van der Waals surface area contributed by atoms with Gasteiger partial charge in [0.2, 0.25) is 0 Å². The minimum absolute atomic E-state index is 0.0538. The zero-order valence-electron chi connectivity index (χ0n) is 15.0. The number of rotatable bonds is 6. The maximum Gasteiger partial charge on any atom is 0.263 e. The molecule has 0 radical (unpaired) electrons. The lowest BCUT2D eigenvalue weighted by Gasteiger charge is -2.20. The molecule has 1 heterocycles. The number of hydrogen-bond acceptors (Lipinski definition) is 4. The van der Waals surface area contributed by atoms with E-state index in [4.69, 9.17) is 4.74 Å². The van der Waals surface area contributed by atoms with Crippen molar-refractivity contribution < 1.29 is 18.8 Å². The molecule has 3 aromatic rings. The predicted octanol–water partition coefficient (Wildman–Crippen LogP) is 2.24. The summed E-state index contributed by atoms with van der Waals surface area (Å²) in [4.78, 5) is 20.3. The minimum atomic E-state index is -0.525. The molecule has 0 bridgehead atoms. The second kappa shape index (κ2) is 7.80. The highest BCUT2D eigenvalue weighted by molar-refractivity contribution is 7.22. The topological polar surface area (TPSA) is 46.9 Å². The second-order valence-electron chi connectivity index (χ2n) is 6.22. The molecule has 0 saturated carbocycles. The highest BCUT2D eigenvalue weighted by atomic mass is 32.1. The van der Waals surface area contributed by atoms with Gasteiger partial charge < -0.3 is 9.64 Å². The molecular weight excluding hydrogens is 353 g/mol. The van der Waals surface area contributed by atoms with E-state index >= 15 is 0 Å². The van der Waals surface area contributed by atoms with E-state index in [1.54, 1.807) is 24.1 Å². The van der Waals surface area contributed by atoms with Crippen molar-refractivity contribution in [2.24, 2.45) is 0 Å². The third kappa shape index (κ3) is 3.84. The zero-order chi connectivity index (χ0) is 18.7. The van der Waals surface area contributed by atoms with Crippen LogP contribution >= 0.6 is 11.3 Å². The standard InChI is InChI=1S/C19H20FN3O2S/c1-22(2)10-11-23(18(24)14-6-4-5-7-15(14)20)19-21-16-9-8-13(25-3)12-17(16)26-19/h4-9,12H,10-11H2,1-3H3/p+1. The molecule has 0 saturated heterocycles. The van der Waals surface area contributed by atoms with Crippen LogP contribution in [0.2, 0.25) is 0 Å². The fourth-order valence-electron chi connectivity index (χ4n) is 2.53. The van der Waals surface area contributed by atoms with E-state index < -0.39 is 5.82 Å². The van der Waals surface area contributed by atoms with Crippen LogP contribution in [0.5, 0.6) is 5.75 Å². The first-order chi connectivity index (χ1) is 12.5. The van der Waals surface area contributed by atoms with Gasteiger partial charge in [-0.3, -0.25) is 9.69 Å². The molecule has 0 aliphatic heterocycles. The summed E-state index contributed by atoms with van der Waals surface area (Å²) in [6, 6.07) is 11.6. The van der Waals surface area contributed by atoms with Crippen molar-refractivity contribution in [3.8, 4) is 5.75 Å². The number of aromatic nitrogens is 1. The number of hydrogen-bond donors (Lipinski definition) is 1. The van der Waals surface area contributed by atoms with E-state index in [0.717, 1.165) is 22.5 Å². The monoisotopic (exact) mass is 374 g/mol. The molecule has 0 aliphatic carbocycles. The van der Waals surface area contributed by atoms with Crippen molar-refractivity contribution in [1.29, 1.82) is 0 Å². The van der Waals surface area contributed by atoms with Gasteiger partial charge in [-0.05, 0) is 30.3 Å². The molecule has 7 heteroatoms. The van der Waals surface area contributed by atoms with Crippen LogP contribution in [-0.4, -0.2) is 45.2 Å². The largest absolute Gasteiger partial charge is 0.497 e. The van der Waals surface area contributed by atoms with Gasteiger partial charge in [0.15, 0.2) is 5.13 Å². The SMILES string of the molecule is COc1ccc2nc(N(CC[NH+](C)C)C(=O)c3ccccc3F)sc2c1. The Bertz CT molecular complexity index is 926. The van der Waals surface area contributed by atoms with Crippen LogP contribution in [0.4, 0.5) is 9.52 Å². The number of methoxy groups -OCH3 is 1. The third-order valence-corrected chi connectivity index (χ3v) is 5.04. The number of fused-ring (bicyclic) bond motifs is 1. The molecule has 5 nitrogen and oxygen atoms in total. The number of anilines is 1. The average molecular weight is 374 g/mol. The number of halogens is 1. The number of carbonyl (C=O) groups excluding carboxylic acids is 1. The van der Waals surface area contributed by atoms with Gasteiger partial charge in [-0.15, -0.1) is 0 Å². The Balaban J connectivity index is 2.00. The predicted molar refractivity (Wildman–Crippen MR) is 102 cm³/mol. The number of nitrogens with zero attached hydrogens (tertiary/aromatic N) is 2. The van der Waals surface area contributed by atoms with Gasteiger partial charge in [0.1, 0.15) is 11.6 Å². The number of thiazole rings is 1. The molecule has 0 atom stereocenters. The minimum Gasteiger partial charge on any atom is -0.497 e. The first kappa shape index (κ1) is 18.3. The molecular formula is C19H21FN3O2S+. The summed E-state index contributed by atoms with van der Waals surface area (Å²) in [7, 11) is 5.63. The molecule has 136 valence electrons. The summed E-state index contributed by atoms with van der Waals surface area (Å²) in [5.74, 6) is -0.171. The summed E-state index contributed by atoms with van der Waals surface area (Å²) < 4.78 is 20.3. The van der Waals surface area contributed by atoms with Crippen LogP contribution in [-0.2, 0) is 0 Å². The highest BCUT2D eigenvalue weighted by Gasteiger charge is 2.24. The smallest absolute Gasteiger partial charge is 0.263 e. The normalized spacial score (nSPS) is 11.1. The van der Waals surface area contributed by atoms with Crippen molar-refractivity contribution in [1.82, 2.24) is 4.98 Å². The number of benzene rings is 2. The Morgan fingerprint density at radius 2 is 2.04 bits per heavy atom. The van der Waals surface area contributed by atoms with Crippen LogP contribution in [0.15, 0.2) is 42.5 Å². The van der Waals surface area contributed by atoms with E-state index in [1.807, 2.05) is 32.3 Å². The van der Waals surface area contributed by atoms with Gasteiger partial charge in [0.05, 0.1) is 50.1 Å². The van der Waals surface area contributed by atoms with Crippen molar-refractivity contribution in [2.45, 2.75) is 0 Å². The number of amides is 1. The van der Waals surface area contributed by atoms with Crippen molar-refractivity contribution in [3.05, 3.63) is 53.8 Å². The van der Waals surface area contributed by atoms with E-state index in [1.165, 1.54) is 28.4 Å². The molecule has 0 fully saturated rings. The fourth-order valence-corrected chi connectivity index (χ4v) is 3.55. The Kier molecular flexibility index (Phi) is 5.49. The van der Waals surface area contributed by atoms with Gasteiger partial charge in [0.25, 0.3) is 5.91 Å². The van der Waals surface area contributed by atoms with Gasteiger partial charge in [-0.2, -0.15) is 0 Å². The van der Waals surface area contributed by atoms with Crippen LogP contribution in [0.25, 0.3) is 10.2 Å². The van der Waals surface area contributed by atoms with Crippen molar-refractivity contribution in [2.75, 3.05) is 39.2 Å². The van der Waals surface area contributed by atoms with Crippen molar-refractivity contribution >= 4 is 32.6 Å². The van der Waals surface area contributed by atoms with Gasteiger partial charge in [-0.1, -0.05) is 23.5 Å². The number of quaternary nitrogens is 1. The number of nitrogens with one attached hydrogen (secondary N) is 1. The zero-order valence-corrected chi connectivity index (χ0v) is 15.8. The quantitative estimate of drug-likeness (QED) is 0.720. The molecule has 1 N–H and O–H groups in total. The summed E-state index contributed by atoms with van der Waals surface area (Å²) in [6.45, 7) is 1.17. The molecule has 1 aromatic heterocycles. The number of ether oxygens (including phenoxy) is 1. The molecule has 0 unspecified atom stereocenters. The highest BCUT2D eigenvalue weighted by Crippen LogP contribution is 2.32. The number of carbonyl (C=O) groups is 1. The van der Waals surface area contributed by atoms with Gasteiger partial charge in [0, 0.05) is 0 Å². The molecule has 1 amide bonds. The van der Waals surface area contributed by atoms with Gasteiger partial charge >= 0.3 is 0 Å². The fraction of sp³-hybridized carbons (Fsp3) is 0.263.